The Labute approximate surface area is 86.4 Å². The lowest BCUT2D eigenvalue weighted by atomic mass is 10.0. The van der Waals surface area contributed by atoms with Gasteiger partial charge in [0.2, 0.25) is 0 Å². The Balaban J connectivity index is 2.44. The van der Waals surface area contributed by atoms with Crippen LogP contribution in [0.1, 0.15) is 16.7 Å². The first-order chi connectivity index (χ1) is 6.72. The molecule has 0 aromatic heterocycles. The van der Waals surface area contributed by atoms with Crippen molar-refractivity contribution < 1.29 is 4.79 Å². The maximum Gasteiger partial charge on any atom is 0.124 e. The SMILES string of the molecule is C=C1c2ccc(CC=O)cc2CS1=C. The summed E-state index contributed by atoms with van der Waals surface area (Å²) in [5.41, 5.74) is 3.62. The molecule has 14 heavy (non-hydrogen) atoms. The van der Waals surface area contributed by atoms with Gasteiger partial charge >= 0.3 is 0 Å². The molecule has 0 N–H and O–H groups in total. The first kappa shape index (κ1) is 9.41. The van der Waals surface area contributed by atoms with E-state index in [4.69, 9.17) is 0 Å². The highest BCUT2D eigenvalue weighted by Gasteiger charge is 2.16. The number of fused-ring (bicyclic) bond motifs is 1. The van der Waals surface area contributed by atoms with Gasteiger partial charge < -0.3 is 4.79 Å². The van der Waals surface area contributed by atoms with E-state index in [1.54, 1.807) is 0 Å². The van der Waals surface area contributed by atoms with Crippen LogP contribution < -0.4 is 0 Å². The molecule has 72 valence electrons. The van der Waals surface area contributed by atoms with Gasteiger partial charge in [-0.15, -0.1) is 0 Å². The molecule has 1 aliphatic heterocycles. The lowest BCUT2D eigenvalue weighted by Crippen LogP contribution is -1.88. The van der Waals surface area contributed by atoms with Crippen LogP contribution in [-0.4, -0.2) is 12.2 Å². The predicted octanol–water partition coefficient (Wildman–Crippen LogP) is 2.61. The highest BCUT2D eigenvalue weighted by molar-refractivity contribution is 8.21. The second-order valence-electron chi connectivity index (χ2n) is 3.42. The average molecular weight is 204 g/mol. The van der Waals surface area contributed by atoms with Crippen LogP contribution in [0.25, 0.3) is 4.91 Å². The van der Waals surface area contributed by atoms with Gasteiger partial charge in [-0.3, -0.25) is 0 Å². The molecule has 1 aromatic rings. The summed E-state index contributed by atoms with van der Waals surface area (Å²) in [6.45, 7) is 4.03. The summed E-state index contributed by atoms with van der Waals surface area (Å²) in [6, 6.07) is 6.17. The monoisotopic (exact) mass is 204 g/mol. The van der Waals surface area contributed by atoms with Crippen molar-refractivity contribution in [1.82, 2.24) is 0 Å². The highest BCUT2D eigenvalue weighted by Crippen LogP contribution is 2.43. The minimum atomic E-state index is 0.0409. The largest absolute Gasteiger partial charge is 0.303 e. The summed E-state index contributed by atoms with van der Waals surface area (Å²) in [7, 11) is 0.0409. The van der Waals surface area contributed by atoms with Crippen molar-refractivity contribution >= 4 is 27.5 Å². The highest BCUT2D eigenvalue weighted by atomic mass is 32.2. The number of carbonyl (C=O) groups excluding carboxylic acids is 1. The van der Waals surface area contributed by atoms with E-state index in [1.165, 1.54) is 11.1 Å². The summed E-state index contributed by atoms with van der Waals surface area (Å²) in [5, 5.41) is 0. The van der Waals surface area contributed by atoms with Crippen LogP contribution >= 0.6 is 10.5 Å². The van der Waals surface area contributed by atoms with Crippen molar-refractivity contribution in [3.8, 4) is 0 Å². The van der Waals surface area contributed by atoms with E-state index in [9.17, 15) is 4.79 Å². The zero-order valence-electron chi connectivity index (χ0n) is 7.95. The Morgan fingerprint density at radius 1 is 1.50 bits per heavy atom. The van der Waals surface area contributed by atoms with E-state index in [-0.39, 0.29) is 10.5 Å². The van der Waals surface area contributed by atoms with Gasteiger partial charge in [-0.25, -0.2) is 0 Å². The normalized spacial score (nSPS) is 19.4. The molecule has 2 rings (SSSR count). The Kier molecular flexibility index (Phi) is 2.38. The van der Waals surface area contributed by atoms with Crippen LogP contribution in [0.4, 0.5) is 0 Å². The lowest BCUT2D eigenvalue weighted by molar-refractivity contribution is -0.107. The van der Waals surface area contributed by atoms with Crippen molar-refractivity contribution in [2.75, 3.05) is 0 Å². The summed E-state index contributed by atoms with van der Waals surface area (Å²) < 4.78 is 0. The van der Waals surface area contributed by atoms with Gasteiger partial charge in [0.25, 0.3) is 0 Å². The molecule has 0 aliphatic carbocycles. The molecule has 1 atom stereocenters. The molecule has 0 bridgehead atoms. The number of carbonyl (C=O) groups is 1. The smallest absolute Gasteiger partial charge is 0.124 e. The third-order valence-electron chi connectivity index (χ3n) is 2.47. The molecule has 1 unspecified atom stereocenters. The summed E-state index contributed by atoms with van der Waals surface area (Å²) in [4.78, 5) is 11.5. The van der Waals surface area contributed by atoms with Crippen LogP contribution in [0.2, 0.25) is 0 Å². The zero-order valence-corrected chi connectivity index (χ0v) is 8.77. The summed E-state index contributed by atoms with van der Waals surface area (Å²) in [6.07, 6.45) is 1.44. The second kappa shape index (κ2) is 3.54. The molecule has 2 heteroatoms. The molecule has 0 saturated carbocycles. The van der Waals surface area contributed by atoms with Crippen LogP contribution in [0, 0.1) is 0 Å². The van der Waals surface area contributed by atoms with Gasteiger partial charge in [0, 0.05) is 17.1 Å². The first-order valence-corrected chi connectivity index (χ1v) is 6.04. The van der Waals surface area contributed by atoms with Crippen molar-refractivity contribution in [2.45, 2.75) is 12.2 Å². The molecule has 0 radical (unpaired) electrons. The predicted molar refractivity (Wildman–Crippen MR) is 63.7 cm³/mol. The molecule has 1 nitrogen and oxygen atoms in total. The zero-order chi connectivity index (χ0) is 10.1. The molecule has 1 heterocycles. The van der Waals surface area contributed by atoms with Crippen molar-refractivity contribution in [2.24, 2.45) is 0 Å². The van der Waals surface area contributed by atoms with E-state index in [0.29, 0.717) is 6.42 Å². The number of rotatable bonds is 2. The average Bonchev–Trinajstić information content (AvgIpc) is 2.43. The third-order valence-corrected chi connectivity index (χ3v) is 4.04. The van der Waals surface area contributed by atoms with E-state index >= 15 is 0 Å². The molecule has 1 aromatic carbocycles. The Morgan fingerprint density at radius 2 is 2.29 bits per heavy atom. The van der Waals surface area contributed by atoms with Gasteiger partial charge in [-0.2, -0.15) is 10.5 Å². The third kappa shape index (κ3) is 1.46. The van der Waals surface area contributed by atoms with E-state index in [0.717, 1.165) is 22.5 Å². The molecule has 1 aliphatic rings. The van der Waals surface area contributed by atoms with Gasteiger partial charge in [-0.05, 0) is 16.7 Å². The lowest BCUT2D eigenvalue weighted by Gasteiger charge is -2.00. The fourth-order valence-electron chi connectivity index (χ4n) is 1.69. The minimum absolute atomic E-state index is 0.0409. The van der Waals surface area contributed by atoms with Crippen LogP contribution in [0.5, 0.6) is 0 Å². The number of benzene rings is 1. The van der Waals surface area contributed by atoms with E-state index in [1.807, 2.05) is 6.07 Å². The van der Waals surface area contributed by atoms with Crippen LogP contribution in [0.3, 0.4) is 0 Å². The van der Waals surface area contributed by atoms with E-state index in [2.05, 4.69) is 24.6 Å². The standard InChI is InChI=1S/C12H12OS/c1-9-12-4-3-10(5-6-13)7-11(12)8-14(9)2/h3-4,6-7H,1-2,5,8H2. The van der Waals surface area contributed by atoms with Crippen LogP contribution in [-0.2, 0) is 17.0 Å². The van der Waals surface area contributed by atoms with Gasteiger partial charge in [0.15, 0.2) is 0 Å². The fourth-order valence-corrected chi connectivity index (χ4v) is 2.99. The molecule has 0 saturated heterocycles. The van der Waals surface area contributed by atoms with Crippen LogP contribution in [0.15, 0.2) is 24.8 Å². The van der Waals surface area contributed by atoms with E-state index < -0.39 is 0 Å². The van der Waals surface area contributed by atoms with Gasteiger partial charge in [0.05, 0.1) is 0 Å². The van der Waals surface area contributed by atoms with Crippen molar-refractivity contribution in [3.63, 3.8) is 0 Å². The topological polar surface area (TPSA) is 17.1 Å². The number of hydrogen-bond acceptors (Lipinski definition) is 1. The van der Waals surface area contributed by atoms with Gasteiger partial charge in [0.1, 0.15) is 6.29 Å². The van der Waals surface area contributed by atoms with Gasteiger partial charge in [-0.1, -0.05) is 30.6 Å². The molecule has 0 fully saturated rings. The maximum absolute atomic E-state index is 10.4. The Bertz CT molecular complexity index is 432. The number of aldehydes is 1. The van der Waals surface area contributed by atoms with Crippen molar-refractivity contribution in [3.05, 3.63) is 41.5 Å². The Hall–Kier alpha value is -1.15. The number of hydrogen-bond donors (Lipinski definition) is 0. The Morgan fingerprint density at radius 3 is 3.00 bits per heavy atom. The summed E-state index contributed by atoms with van der Waals surface area (Å²) in [5.74, 6) is 5.05. The fraction of sp³-hybridized carbons (Fsp3) is 0.167. The first-order valence-electron chi connectivity index (χ1n) is 4.47. The maximum atomic E-state index is 10.4. The molecular formula is C12H12OS. The molecule has 0 amide bonds. The molecule has 0 spiro atoms. The molecular weight excluding hydrogens is 192 g/mol. The summed E-state index contributed by atoms with van der Waals surface area (Å²) >= 11 is 0. The minimum Gasteiger partial charge on any atom is -0.303 e. The van der Waals surface area contributed by atoms with Crippen molar-refractivity contribution in [1.29, 1.82) is 0 Å². The second-order valence-corrected chi connectivity index (χ2v) is 5.19. The quantitative estimate of drug-likeness (QED) is 0.534.